The van der Waals surface area contributed by atoms with E-state index in [4.69, 9.17) is 80.2 Å². The van der Waals surface area contributed by atoms with Crippen LogP contribution in [0.15, 0.2) is 227 Å². The average Bonchev–Trinajstić information content (AvgIpc) is 0.946. The number of carbonyl (C=O) groups is 11. The van der Waals surface area contributed by atoms with Crippen LogP contribution in [0.3, 0.4) is 0 Å². The Morgan fingerprint density at radius 1 is 0.294 bits per heavy atom. The number of hydrogen-bond acceptors (Lipinski definition) is 35. The molecule has 0 aliphatic carbocycles. The van der Waals surface area contributed by atoms with Crippen molar-refractivity contribution >= 4 is 65.4 Å². The molecule has 0 radical (unpaired) electrons. The zero-order valence-electron chi connectivity index (χ0n) is 72.3. The van der Waals surface area contributed by atoms with Gasteiger partial charge < -0.3 is 146 Å². The lowest BCUT2D eigenvalue weighted by Crippen LogP contribution is -2.35. The number of ether oxygens (including phenoxy) is 9. The summed E-state index contributed by atoms with van der Waals surface area (Å²) in [7, 11) is 0. The SMILES string of the molecule is C=C(C)C(=O)NCC(O)CO.C=C(C)C(=O)NCC(O)COc1ccccc1.C=C(C)C(=O)NCCO.C=C(C)C(=O)OCC(O)CO.C=C(C)C(=O)OCC(O)COc1ccccc1.C=C(C)C(=O)OCCO.C=CC(=O)NCC(O)CO.C=CC(=O)NCCO.C=CC(=O)OCC(O)CO.C=CC(=O)OCC(O)COc1ccccc1.C=CC(=O)OCCO. The van der Waals surface area contributed by atoms with E-state index in [9.17, 15) is 68.1 Å². The summed E-state index contributed by atoms with van der Waals surface area (Å²) in [6.07, 6.45) is -0.852. The third kappa shape index (κ3) is 95.6. The van der Waals surface area contributed by atoms with Gasteiger partial charge in [-0.1, -0.05) is 127 Å². The van der Waals surface area contributed by atoms with Gasteiger partial charge in [0, 0.05) is 84.4 Å². The number of aliphatic hydroxyl groups excluding tert-OH is 15. The molecule has 3 aromatic rings. The Morgan fingerprint density at radius 3 is 0.857 bits per heavy atom. The smallest absolute Gasteiger partial charge is 0.333 e. The molecule has 0 aromatic heterocycles. The van der Waals surface area contributed by atoms with Crippen molar-refractivity contribution in [2.45, 2.75) is 84.3 Å². The zero-order valence-corrected chi connectivity index (χ0v) is 72.3. The molecule has 0 saturated carbocycles. The van der Waals surface area contributed by atoms with Gasteiger partial charge in [-0.3, -0.25) is 24.0 Å². The lowest BCUT2D eigenvalue weighted by atomic mass is 10.3. The lowest BCUT2D eigenvalue weighted by molar-refractivity contribution is -0.143. The van der Waals surface area contributed by atoms with Gasteiger partial charge in [0.25, 0.3) is 0 Å². The summed E-state index contributed by atoms with van der Waals surface area (Å²) < 4.78 is 43.0. The van der Waals surface area contributed by atoms with Gasteiger partial charge in [-0.2, -0.15) is 0 Å². The first-order chi connectivity index (χ1) is 59.4. The maximum absolute atomic E-state index is 11.2. The highest BCUT2D eigenvalue weighted by Crippen LogP contribution is 2.11. The number of hydrogen-bond donors (Lipinski definition) is 20. The van der Waals surface area contributed by atoms with Crippen molar-refractivity contribution in [2.24, 2.45) is 0 Å². The van der Waals surface area contributed by atoms with E-state index in [1.165, 1.54) is 6.92 Å². The van der Waals surface area contributed by atoms with E-state index in [2.05, 4.69) is 123 Å². The molecule has 710 valence electrons. The first-order valence-electron chi connectivity index (χ1n) is 37.6. The van der Waals surface area contributed by atoms with Crippen LogP contribution in [-0.2, 0) is 81.2 Å². The summed E-state index contributed by atoms with van der Waals surface area (Å²) in [6.45, 7) is 44.6. The van der Waals surface area contributed by atoms with Crippen molar-refractivity contribution < 1.29 is 172 Å². The fraction of sp³-hybridized carbons (Fsp3) is 0.407. The van der Waals surface area contributed by atoms with Gasteiger partial charge in [0.15, 0.2) is 0 Å². The highest BCUT2D eigenvalue weighted by molar-refractivity contribution is 5.93. The second kappa shape index (κ2) is 90.5. The molecule has 0 aliphatic rings. The number of rotatable bonds is 46. The van der Waals surface area contributed by atoms with E-state index in [0.29, 0.717) is 58.2 Å². The molecule has 0 heterocycles. The Bertz CT molecular complexity index is 3390. The topological polar surface area (TPSA) is 634 Å². The summed E-state index contributed by atoms with van der Waals surface area (Å²) in [5.41, 5.74) is 2.19. The van der Waals surface area contributed by atoms with Gasteiger partial charge in [0.1, 0.15) is 107 Å². The quantitative estimate of drug-likeness (QED) is 0.0179. The second-order valence-electron chi connectivity index (χ2n) is 24.2. The first kappa shape index (κ1) is 129. The summed E-state index contributed by atoms with van der Waals surface area (Å²) >= 11 is 0. The molecular weight excluding hydrogens is 1660 g/mol. The average molecular weight is 1790 g/mol. The van der Waals surface area contributed by atoms with Crippen LogP contribution in [0.25, 0.3) is 0 Å². The number of carbonyl (C=O) groups excluding carboxylic acids is 11. The predicted molar refractivity (Wildman–Crippen MR) is 465 cm³/mol. The van der Waals surface area contributed by atoms with Crippen LogP contribution >= 0.6 is 0 Å². The highest BCUT2D eigenvalue weighted by Gasteiger charge is 2.14. The Hall–Kier alpha value is -12.2. The summed E-state index contributed by atoms with van der Waals surface area (Å²) in [6, 6.07) is 27.4. The third-order valence-electron chi connectivity index (χ3n) is 12.1. The van der Waals surface area contributed by atoms with Crippen molar-refractivity contribution in [1.82, 2.24) is 26.6 Å². The highest BCUT2D eigenvalue weighted by atomic mass is 16.6. The van der Waals surface area contributed by atoms with Crippen LogP contribution in [0, 0.1) is 0 Å². The molecule has 3 rings (SSSR count). The molecule has 0 spiro atoms. The van der Waals surface area contributed by atoms with Crippen LogP contribution in [0.1, 0.15) is 41.5 Å². The minimum Gasteiger partial charge on any atom is -0.491 e. The third-order valence-corrected chi connectivity index (χ3v) is 12.1. The maximum atomic E-state index is 11.2. The number of amides is 5. The zero-order chi connectivity index (χ0) is 98.2. The molecule has 7 unspecified atom stereocenters. The van der Waals surface area contributed by atoms with Crippen LogP contribution in [0.4, 0.5) is 0 Å². The Morgan fingerprint density at radius 2 is 0.556 bits per heavy atom. The molecule has 40 nitrogen and oxygen atoms in total. The van der Waals surface area contributed by atoms with E-state index in [-0.39, 0.29) is 154 Å². The minimum absolute atomic E-state index is 0.0282. The fourth-order valence-electron chi connectivity index (χ4n) is 5.63. The minimum atomic E-state index is -1.00. The first-order valence-corrected chi connectivity index (χ1v) is 37.6. The molecule has 126 heavy (non-hydrogen) atoms. The van der Waals surface area contributed by atoms with E-state index in [1.54, 1.807) is 71.0 Å². The van der Waals surface area contributed by atoms with Crippen molar-refractivity contribution in [3.8, 4) is 17.2 Å². The van der Waals surface area contributed by atoms with Gasteiger partial charge in [0.2, 0.25) is 29.5 Å². The molecule has 0 aliphatic heterocycles. The predicted octanol–water partition coefficient (Wildman–Crippen LogP) is -1.22. The van der Waals surface area contributed by atoms with Gasteiger partial charge in [0.05, 0.1) is 65.1 Å². The summed E-state index contributed by atoms with van der Waals surface area (Å²) in [5.74, 6) is -2.54. The number of nitrogens with one attached hydrogen (secondary N) is 5. The maximum Gasteiger partial charge on any atom is 0.333 e. The molecule has 20 N–H and O–H groups in total. The summed E-state index contributed by atoms with van der Waals surface area (Å²) in [5, 5.41) is 141. The number of benzene rings is 3. The molecule has 5 amide bonds. The van der Waals surface area contributed by atoms with E-state index >= 15 is 0 Å². The molecule has 0 fully saturated rings. The Balaban J connectivity index is -0.000000205. The molecule has 3 aromatic carbocycles. The van der Waals surface area contributed by atoms with Crippen LogP contribution in [0.2, 0.25) is 0 Å². The molecule has 0 saturated heterocycles. The van der Waals surface area contributed by atoms with Gasteiger partial charge >= 0.3 is 35.8 Å². The van der Waals surface area contributed by atoms with E-state index in [0.717, 1.165) is 30.4 Å². The number of para-hydroxylation sites is 3. The standard InChI is InChI=1S/C13H17NO3.C13H16O4.C12H14O4.C7H13NO3.C7H12O4.C6H11NO3.C6H11NO2.C6H10O4.C6H10O3.C5H9NO2.C5H8O3/c1-10(2)13(16)14-8-11(15)9-17-12-6-4-3-5-7-12;1-10(2)13(15)17-9-11(14)8-16-12-6-4-3-5-7-12;1-2-12(14)16-9-10(13)8-15-11-6-4-3-5-7-11;1-5(2)7(11)8-3-6(10)4-9;1-5(2)7(10)11-4-6(9)3-8;1-2-6(10)7-3-5(9)4-8;1-5(2)6(9)7-3-4-8;1-2-6(9)10-4-5(8)3-7;1-5(2)6(8)9-4-3-7;1-2-5(8)6-3-4-7;1-2-5(7)8-4-3-6/h3-7,11,15H,1,8-9H2,2H3,(H,14,16);3-7,11,14H,1,8-9H2,2H3;2-7,10,13H,1,8-9H2;6,9-10H,1,3-4H2,2H3,(H,8,11);6,8-9H,1,3-4H2,2H3;2,5,8-9H,1,3-4H2,(H,7,10);8H,1,3-4H2,2H3,(H,7,9);2,5,7-8H,1,3-4H2;7H,1,3-4H2,2H3;2,7H,1,3-4H2,(H,6,8);2,6H,1,3-4H2. The van der Waals surface area contributed by atoms with Crippen LogP contribution in [-0.4, -0.2) is 330 Å². The van der Waals surface area contributed by atoms with Crippen molar-refractivity contribution in [3.05, 3.63) is 227 Å². The van der Waals surface area contributed by atoms with E-state index < -0.39 is 91.8 Å². The molecule has 7 atom stereocenters. The van der Waals surface area contributed by atoms with Crippen molar-refractivity contribution in [1.29, 1.82) is 0 Å². The van der Waals surface area contributed by atoms with Crippen LogP contribution < -0.4 is 40.8 Å². The molecule has 0 bridgehead atoms. The van der Waals surface area contributed by atoms with Crippen LogP contribution in [0.5, 0.6) is 17.2 Å². The second-order valence-corrected chi connectivity index (χ2v) is 24.2. The largest absolute Gasteiger partial charge is 0.491 e. The summed E-state index contributed by atoms with van der Waals surface area (Å²) in [4.78, 5) is 116. The fourth-order valence-corrected chi connectivity index (χ4v) is 5.63. The van der Waals surface area contributed by atoms with E-state index in [1.807, 2.05) is 54.6 Å². The van der Waals surface area contributed by atoms with Gasteiger partial charge in [-0.05, 0) is 90.1 Å². The van der Waals surface area contributed by atoms with Crippen molar-refractivity contribution in [3.63, 3.8) is 0 Å². The normalized spacial score (nSPS) is 11.0. The molecule has 40 heteroatoms. The lowest BCUT2D eigenvalue weighted by Gasteiger charge is -2.13. The van der Waals surface area contributed by atoms with Gasteiger partial charge in [-0.15, -0.1) is 0 Å². The molecular formula is C86H131N5O35. The monoisotopic (exact) mass is 1790 g/mol. The van der Waals surface area contributed by atoms with Crippen molar-refractivity contribution in [2.75, 3.05) is 145 Å². The van der Waals surface area contributed by atoms with Gasteiger partial charge in [-0.25, -0.2) is 28.8 Å². The Kier molecular flexibility index (Phi) is 92.9. The number of aliphatic hydroxyl groups is 15. The Labute approximate surface area is 734 Å². The number of esters is 6.